The second-order valence-corrected chi connectivity index (χ2v) is 5.15. The lowest BCUT2D eigenvalue weighted by Gasteiger charge is -2.07. The van der Waals surface area contributed by atoms with Crippen LogP contribution in [0.15, 0.2) is 18.4 Å². The summed E-state index contributed by atoms with van der Waals surface area (Å²) in [6, 6.07) is 0. The van der Waals surface area contributed by atoms with Crippen molar-refractivity contribution in [1.29, 1.82) is 0 Å². The van der Waals surface area contributed by atoms with Crippen molar-refractivity contribution >= 4 is 29.6 Å². The second-order valence-electron chi connectivity index (χ2n) is 4.01. The number of allylic oxidation sites excluding steroid dienone is 2. The van der Waals surface area contributed by atoms with Gasteiger partial charge in [0, 0.05) is 16.3 Å². The highest BCUT2D eigenvalue weighted by atomic mass is 32.1. The minimum Gasteiger partial charge on any atom is -0.386 e. The molecule has 1 N–H and O–H groups in total. The van der Waals surface area contributed by atoms with Crippen LogP contribution in [0.25, 0.3) is 18.2 Å². The van der Waals surface area contributed by atoms with Crippen LogP contribution in [0.3, 0.4) is 0 Å². The Balaban J connectivity index is 2.18. The number of fused-ring (bicyclic) bond motifs is 3. The van der Waals surface area contributed by atoms with Gasteiger partial charge in [0.05, 0.1) is 0 Å². The van der Waals surface area contributed by atoms with Crippen molar-refractivity contribution in [2.45, 2.75) is 13.5 Å². The standard InChI is InChI=1S/C13H13NS/c1-9-2-4-10-11-6-7-14-8-13(11)15-12(10)5-3-9/h2-7,9,14H,8H2,1H3/t9-/m0/s1. The van der Waals surface area contributed by atoms with Gasteiger partial charge in [0.2, 0.25) is 0 Å². The highest BCUT2D eigenvalue weighted by Gasteiger charge is 2.15. The predicted molar refractivity (Wildman–Crippen MR) is 67.4 cm³/mol. The molecule has 3 rings (SSSR count). The molecule has 2 aliphatic rings. The van der Waals surface area contributed by atoms with Gasteiger partial charge in [-0.2, -0.15) is 0 Å². The lowest BCUT2D eigenvalue weighted by atomic mass is 10.1. The van der Waals surface area contributed by atoms with Gasteiger partial charge in [-0.1, -0.05) is 25.2 Å². The third kappa shape index (κ3) is 1.45. The first-order valence-corrected chi connectivity index (χ1v) is 6.08. The van der Waals surface area contributed by atoms with Crippen molar-refractivity contribution in [2.24, 2.45) is 5.92 Å². The monoisotopic (exact) mass is 215 g/mol. The summed E-state index contributed by atoms with van der Waals surface area (Å²) >= 11 is 1.90. The maximum atomic E-state index is 3.26. The van der Waals surface area contributed by atoms with Crippen molar-refractivity contribution in [3.05, 3.63) is 39.2 Å². The van der Waals surface area contributed by atoms with Crippen LogP contribution in [0.2, 0.25) is 0 Å². The molecule has 2 heterocycles. The van der Waals surface area contributed by atoms with E-state index in [0.29, 0.717) is 5.92 Å². The average Bonchev–Trinajstić information content (AvgIpc) is 2.51. The summed E-state index contributed by atoms with van der Waals surface area (Å²) in [5.74, 6) is 0.547. The Morgan fingerprint density at radius 3 is 3.00 bits per heavy atom. The van der Waals surface area contributed by atoms with Crippen LogP contribution >= 0.6 is 11.3 Å². The van der Waals surface area contributed by atoms with Gasteiger partial charge < -0.3 is 5.32 Å². The Labute approximate surface area is 93.8 Å². The van der Waals surface area contributed by atoms with E-state index in [2.05, 4.69) is 42.6 Å². The molecule has 0 aromatic carbocycles. The lowest BCUT2D eigenvalue weighted by Crippen LogP contribution is -2.07. The van der Waals surface area contributed by atoms with E-state index in [1.54, 1.807) is 0 Å². The Kier molecular flexibility index (Phi) is 2.03. The first kappa shape index (κ1) is 8.98. The molecule has 15 heavy (non-hydrogen) atoms. The van der Waals surface area contributed by atoms with Crippen LogP contribution in [-0.4, -0.2) is 0 Å². The van der Waals surface area contributed by atoms with Gasteiger partial charge in [-0.3, -0.25) is 0 Å². The molecule has 0 saturated carbocycles. The maximum Gasteiger partial charge on any atom is 0.0495 e. The first-order chi connectivity index (χ1) is 7.34. The second kappa shape index (κ2) is 3.38. The van der Waals surface area contributed by atoms with Crippen LogP contribution in [-0.2, 0) is 6.54 Å². The fraction of sp³-hybridized carbons (Fsp3) is 0.231. The first-order valence-electron chi connectivity index (χ1n) is 5.26. The van der Waals surface area contributed by atoms with Crippen molar-refractivity contribution in [3.63, 3.8) is 0 Å². The zero-order chi connectivity index (χ0) is 10.3. The van der Waals surface area contributed by atoms with Gasteiger partial charge in [-0.05, 0) is 35.4 Å². The molecule has 0 bridgehead atoms. The zero-order valence-corrected chi connectivity index (χ0v) is 9.47. The fourth-order valence-corrected chi connectivity index (χ4v) is 3.12. The molecule has 1 aliphatic heterocycles. The number of hydrogen-bond donors (Lipinski definition) is 1. The molecular formula is C13H13NS. The van der Waals surface area contributed by atoms with Crippen LogP contribution in [0.5, 0.6) is 0 Å². The molecule has 1 atom stereocenters. The lowest BCUT2D eigenvalue weighted by molar-refractivity contribution is 0.877. The molecule has 76 valence electrons. The van der Waals surface area contributed by atoms with Crippen LogP contribution in [0.1, 0.15) is 27.8 Å². The summed E-state index contributed by atoms with van der Waals surface area (Å²) < 4.78 is 0. The summed E-state index contributed by atoms with van der Waals surface area (Å²) in [6.07, 6.45) is 13.3. The molecule has 0 amide bonds. The fourth-order valence-electron chi connectivity index (χ4n) is 1.98. The van der Waals surface area contributed by atoms with E-state index >= 15 is 0 Å². The SMILES string of the molecule is C[C@@H]1C=Cc2sc3c(c2C=C1)C=CNC3. The highest BCUT2D eigenvalue weighted by molar-refractivity contribution is 7.13. The molecule has 1 aromatic heterocycles. The normalized spacial score (nSPS) is 21.8. The van der Waals surface area contributed by atoms with E-state index < -0.39 is 0 Å². The van der Waals surface area contributed by atoms with E-state index in [-0.39, 0.29) is 0 Å². The molecule has 0 fully saturated rings. The van der Waals surface area contributed by atoms with Crippen molar-refractivity contribution in [2.75, 3.05) is 0 Å². The molecule has 2 heteroatoms. The summed E-state index contributed by atoms with van der Waals surface area (Å²) in [5, 5.41) is 3.26. The molecular weight excluding hydrogens is 202 g/mol. The molecule has 1 nitrogen and oxygen atoms in total. The van der Waals surface area contributed by atoms with Gasteiger partial charge >= 0.3 is 0 Å². The van der Waals surface area contributed by atoms with Gasteiger partial charge in [-0.15, -0.1) is 11.3 Å². The minimum absolute atomic E-state index is 0.547. The third-order valence-corrected chi connectivity index (χ3v) is 4.02. The van der Waals surface area contributed by atoms with E-state index in [1.165, 1.54) is 20.9 Å². The molecule has 0 saturated heterocycles. The summed E-state index contributed by atoms with van der Waals surface area (Å²) in [5.41, 5.74) is 2.80. The molecule has 0 unspecified atom stereocenters. The number of nitrogens with one attached hydrogen (secondary N) is 1. The molecule has 0 radical (unpaired) electrons. The predicted octanol–water partition coefficient (Wildman–Crippen LogP) is 3.50. The Morgan fingerprint density at radius 1 is 1.20 bits per heavy atom. The van der Waals surface area contributed by atoms with Crippen molar-refractivity contribution < 1.29 is 0 Å². The molecule has 1 aromatic rings. The number of hydrogen-bond acceptors (Lipinski definition) is 2. The van der Waals surface area contributed by atoms with E-state index in [9.17, 15) is 0 Å². The Morgan fingerprint density at radius 2 is 2.07 bits per heavy atom. The largest absolute Gasteiger partial charge is 0.386 e. The van der Waals surface area contributed by atoms with E-state index in [0.717, 1.165) is 6.54 Å². The van der Waals surface area contributed by atoms with Crippen LogP contribution in [0.4, 0.5) is 0 Å². The topological polar surface area (TPSA) is 12.0 Å². The van der Waals surface area contributed by atoms with Gasteiger partial charge in [0.25, 0.3) is 0 Å². The Bertz CT molecular complexity index is 477. The van der Waals surface area contributed by atoms with Crippen molar-refractivity contribution in [3.8, 4) is 0 Å². The number of thiophene rings is 1. The summed E-state index contributed by atoms with van der Waals surface area (Å²) in [7, 11) is 0. The maximum absolute atomic E-state index is 3.26. The van der Waals surface area contributed by atoms with E-state index in [1.807, 2.05) is 17.5 Å². The van der Waals surface area contributed by atoms with Crippen LogP contribution < -0.4 is 5.32 Å². The summed E-state index contributed by atoms with van der Waals surface area (Å²) in [6.45, 7) is 3.19. The number of rotatable bonds is 0. The highest BCUT2D eigenvalue weighted by Crippen LogP contribution is 2.35. The van der Waals surface area contributed by atoms with E-state index in [4.69, 9.17) is 0 Å². The Hall–Kier alpha value is -1.28. The molecule has 0 spiro atoms. The zero-order valence-electron chi connectivity index (χ0n) is 8.66. The van der Waals surface area contributed by atoms with Gasteiger partial charge in [-0.25, -0.2) is 0 Å². The van der Waals surface area contributed by atoms with Crippen LogP contribution in [0, 0.1) is 5.92 Å². The molecule has 1 aliphatic carbocycles. The summed E-state index contributed by atoms with van der Waals surface area (Å²) in [4.78, 5) is 2.85. The van der Waals surface area contributed by atoms with Gasteiger partial charge in [0.15, 0.2) is 0 Å². The third-order valence-electron chi connectivity index (χ3n) is 2.84. The quantitative estimate of drug-likeness (QED) is 0.698. The van der Waals surface area contributed by atoms with Gasteiger partial charge in [0.1, 0.15) is 0 Å². The van der Waals surface area contributed by atoms with Crippen molar-refractivity contribution in [1.82, 2.24) is 5.32 Å². The minimum atomic E-state index is 0.547. The smallest absolute Gasteiger partial charge is 0.0495 e. The average molecular weight is 215 g/mol.